The summed E-state index contributed by atoms with van der Waals surface area (Å²) in [5.41, 5.74) is -0.408. The molecule has 18 heavy (non-hydrogen) atoms. The summed E-state index contributed by atoms with van der Waals surface area (Å²) < 4.78 is 2.52. The lowest BCUT2D eigenvalue weighted by molar-refractivity contribution is 0.0546. The number of nitrogens with zero attached hydrogens (tertiary/aromatic N) is 3. The Morgan fingerprint density at radius 3 is 2.78 bits per heavy atom. The number of hydrogen-bond donors (Lipinski definition) is 1. The van der Waals surface area contributed by atoms with Crippen LogP contribution in [0.5, 0.6) is 0 Å². The average Bonchev–Trinajstić information content (AvgIpc) is 2.63. The molecule has 0 aliphatic rings. The highest BCUT2D eigenvalue weighted by Crippen LogP contribution is 2.32. The first-order valence-corrected chi connectivity index (χ1v) is 6.58. The molecule has 2 aromatic rings. The van der Waals surface area contributed by atoms with Crippen molar-refractivity contribution < 1.29 is 5.11 Å². The second-order valence-corrected chi connectivity index (χ2v) is 5.70. The molecular weight excluding hydrogens is 318 g/mol. The molecule has 0 aliphatic carbocycles. The van der Waals surface area contributed by atoms with Gasteiger partial charge in [0.05, 0.1) is 5.60 Å². The van der Waals surface area contributed by atoms with E-state index in [1.165, 1.54) is 6.33 Å². The van der Waals surface area contributed by atoms with Crippen molar-refractivity contribution in [3.05, 3.63) is 45.4 Å². The first kappa shape index (κ1) is 13.5. The predicted molar refractivity (Wildman–Crippen MR) is 73.4 cm³/mol. The van der Waals surface area contributed by atoms with Crippen molar-refractivity contribution in [1.29, 1.82) is 0 Å². The first-order valence-electron chi connectivity index (χ1n) is 5.41. The summed E-state index contributed by atoms with van der Waals surface area (Å²) in [5, 5.41) is 15.1. The smallest absolute Gasteiger partial charge is 0.138 e. The molecule has 6 heteroatoms. The van der Waals surface area contributed by atoms with E-state index in [-0.39, 0.29) is 0 Å². The van der Waals surface area contributed by atoms with Crippen LogP contribution in [0.15, 0.2) is 29.0 Å². The quantitative estimate of drug-likeness (QED) is 0.941. The SMILES string of the molecule is Cn1ncnc1CC(C)(O)c1ccc(Br)cc1Cl. The lowest BCUT2D eigenvalue weighted by atomic mass is 9.92. The first-order chi connectivity index (χ1) is 8.40. The Morgan fingerprint density at radius 1 is 1.50 bits per heavy atom. The summed E-state index contributed by atoms with van der Waals surface area (Å²) in [4.78, 5) is 4.11. The molecule has 0 fully saturated rings. The maximum absolute atomic E-state index is 10.6. The Bertz CT molecular complexity index is 568. The van der Waals surface area contributed by atoms with Gasteiger partial charge in [-0.1, -0.05) is 33.6 Å². The van der Waals surface area contributed by atoms with Crippen LogP contribution in [0.25, 0.3) is 0 Å². The molecule has 0 aliphatic heterocycles. The number of hydrogen-bond acceptors (Lipinski definition) is 3. The van der Waals surface area contributed by atoms with E-state index < -0.39 is 5.60 Å². The van der Waals surface area contributed by atoms with Crippen LogP contribution < -0.4 is 0 Å². The fourth-order valence-electron chi connectivity index (χ4n) is 1.81. The van der Waals surface area contributed by atoms with Crippen molar-refractivity contribution in [2.24, 2.45) is 7.05 Å². The second kappa shape index (κ2) is 4.99. The zero-order valence-corrected chi connectivity index (χ0v) is 12.4. The maximum Gasteiger partial charge on any atom is 0.138 e. The minimum absolute atomic E-state index is 0.352. The molecule has 2 rings (SSSR count). The van der Waals surface area contributed by atoms with Gasteiger partial charge in [-0.25, -0.2) is 4.98 Å². The molecule has 0 spiro atoms. The number of benzene rings is 1. The van der Waals surface area contributed by atoms with Crippen LogP contribution >= 0.6 is 27.5 Å². The maximum atomic E-state index is 10.6. The van der Waals surface area contributed by atoms with Crippen LogP contribution in [0.2, 0.25) is 5.02 Å². The van der Waals surface area contributed by atoms with Crippen molar-refractivity contribution in [3.8, 4) is 0 Å². The normalized spacial score (nSPS) is 14.5. The van der Waals surface area contributed by atoms with Gasteiger partial charge in [0.1, 0.15) is 12.2 Å². The van der Waals surface area contributed by atoms with Crippen molar-refractivity contribution >= 4 is 27.5 Å². The Morgan fingerprint density at radius 2 is 2.22 bits per heavy atom. The van der Waals surface area contributed by atoms with Crippen molar-refractivity contribution in [3.63, 3.8) is 0 Å². The fraction of sp³-hybridized carbons (Fsp3) is 0.333. The van der Waals surface area contributed by atoms with Gasteiger partial charge in [0, 0.05) is 28.5 Å². The van der Waals surface area contributed by atoms with Gasteiger partial charge in [0.15, 0.2) is 0 Å². The molecule has 0 amide bonds. The van der Waals surface area contributed by atoms with Gasteiger partial charge in [0.25, 0.3) is 0 Å². The van der Waals surface area contributed by atoms with Crippen LogP contribution in [0.4, 0.5) is 0 Å². The van der Waals surface area contributed by atoms with Gasteiger partial charge in [0.2, 0.25) is 0 Å². The summed E-state index contributed by atoms with van der Waals surface area (Å²) in [6.45, 7) is 1.72. The molecule has 96 valence electrons. The van der Waals surface area contributed by atoms with E-state index in [0.29, 0.717) is 22.8 Å². The monoisotopic (exact) mass is 329 g/mol. The second-order valence-electron chi connectivity index (χ2n) is 4.37. The van der Waals surface area contributed by atoms with Gasteiger partial charge in [-0.3, -0.25) is 4.68 Å². The highest BCUT2D eigenvalue weighted by Gasteiger charge is 2.28. The van der Waals surface area contributed by atoms with Crippen molar-refractivity contribution in [2.45, 2.75) is 18.9 Å². The molecule has 1 aromatic carbocycles. The topological polar surface area (TPSA) is 50.9 Å². The number of aliphatic hydroxyl groups is 1. The van der Waals surface area contributed by atoms with E-state index >= 15 is 0 Å². The van der Waals surface area contributed by atoms with Crippen LogP contribution in [-0.2, 0) is 19.1 Å². The summed E-state index contributed by atoms with van der Waals surface area (Å²) in [6, 6.07) is 5.43. The molecule has 1 heterocycles. The van der Waals surface area contributed by atoms with Crippen molar-refractivity contribution in [2.75, 3.05) is 0 Å². The number of rotatable bonds is 3. The van der Waals surface area contributed by atoms with E-state index in [1.54, 1.807) is 24.7 Å². The third-order valence-electron chi connectivity index (χ3n) is 2.82. The Kier molecular flexibility index (Phi) is 3.75. The van der Waals surface area contributed by atoms with Crippen LogP contribution in [0, 0.1) is 0 Å². The highest BCUT2D eigenvalue weighted by molar-refractivity contribution is 9.10. The highest BCUT2D eigenvalue weighted by atomic mass is 79.9. The summed E-state index contributed by atoms with van der Waals surface area (Å²) in [5.74, 6) is 0.707. The summed E-state index contributed by atoms with van der Waals surface area (Å²) in [7, 11) is 1.79. The third-order valence-corrected chi connectivity index (χ3v) is 3.62. The molecule has 1 unspecified atom stereocenters. The molecule has 0 radical (unpaired) electrons. The minimum Gasteiger partial charge on any atom is -0.385 e. The van der Waals surface area contributed by atoms with E-state index in [4.69, 9.17) is 11.6 Å². The summed E-state index contributed by atoms with van der Waals surface area (Å²) >= 11 is 9.50. The lowest BCUT2D eigenvalue weighted by Gasteiger charge is -2.24. The number of halogens is 2. The molecule has 0 bridgehead atoms. The standard InChI is InChI=1S/C12H13BrClN3O/c1-12(18,6-11-15-7-16-17(11)2)9-4-3-8(13)5-10(9)14/h3-5,7,18H,6H2,1-2H3. The molecule has 1 aromatic heterocycles. The van der Waals surface area contributed by atoms with Gasteiger partial charge >= 0.3 is 0 Å². The zero-order valence-electron chi connectivity index (χ0n) is 10.1. The lowest BCUT2D eigenvalue weighted by Crippen LogP contribution is -2.26. The Labute approximate surface area is 119 Å². The van der Waals surface area contributed by atoms with Crippen LogP contribution in [0.3, 0.4) is 0 Å². The van der Waals surface area contributed by atoms with Crippen LogP contribution in [-0.4, -0.2) is 19.9 Å². The van der Waals surface area contributed by atoms with Crippen LogP contribution in [0.1, 0.15) is 18.3 Å². The van der Waals surface area contributed by atoms with Gasteiger partial charge in [-0.15, -0.1) is 0 Å². The predicted octanol–water partition coefficient (Wildman–Crippen LogP) is 2.68. The van der Waals surface area contributed by atoms with Gasteiger partial charge in [-0.2, -0.15) is 5.10 Å². The van der Waals surface area contributed by atoms with E-state index in [2.05, 4.69) is 26.0 Å². The fourth-order valence-corrected chi connectivity index (χ4v) is 2.69. The van der Waals surface area contributed by atoms with Crippen molar-refractivity contribution in [1.82, 2.24) is 14.8 Å². The Hall–Kier alpha value is -0.910. The van der Waals surface area contributed by atoms with E-state index in [1.807, 2.05) is 12.1 Å². The zero-order chi connectivity index (χ0) is 13.3. The van der Waals surface area contributed by atoms with E-state index in [0.717, 1.165) is 4.47 Å². The molecular formula is C12H13BrClN3O. The molecule has 0 saturated carbocycles. The number of aryl methyl sites for hydroxylation is 1. The molecule has 1 atom stereocenters. The minimum atomic E-state index is -1.08. The number of aromatic nitrogens is 3. The van der Waals surface area contributed by atoms with E-state index in [9.17, 15) is 5.11 Å². The molecule has 1 N–H and O–H groups in total. The molecule has 4 nitrogen and oxygen atoms in total. The van der Waals surface area contributed by atoms with Gasteiger partial charge < -0.3 is 5.11 Å². The summed E-state index contributed by atoms with van der Waals surface area (Å²) in [6.07, 6.45) is 1.82. The third kappa shape index (κ3) is 2.74. The molecule has 0 saturated heterocycles. The Balaban J connectivity index is 2.33. The average molecular weight is 331 g/mol. The largest absolute Gasteiger partial charge is 0.385 e. The van der Waals surface area contributed by atoms with Gasteiger partial charge in [-0.05, 0) is 19.1 Å².